The first-order valence-corrected chi connectivity index (χ1v) is 10.9. The van der Waals surface area contributed by atoms with Crippen molar-refractivity contribution in [2.24, 2.45) is 5.92 Å². The van der Waals surface area contributed by atoms with Gasteiger partial charge in [-0.2, -0.15) is 5.10 Å². The van der Waals surface area contributed by atoms with Crippen LogP contribution < -0.4 is 0 Å². The van der Waals surface area contributed by atoms with Crippen LogP contribution in [-0.4, -0.2) is 58.0 Å². The second kappa shape index (κ2) is 8.02. The molecule has 2 amide bonds. The number of hydrogen-bond donors (Lipinski definition) is 1. The molecule has 158 valence electrons. The van der Waals surface area contributed by atoms with Crippen LogP contribution in [0, 0.1) is 12.8 Å². The summed E-state index contributed by atoms with van der Waals surface area (Å²) in [5.41, 5.74) is 5.21. The summed E-state index contributed by atoms with van der Waals surface area (Å²) in [5, 5.41) is 7.85. The van der Waals surface area contributed by atoms with Gasteiger partial charge in [-0.3, -0.25) is 14.7 Å². The fourth-order valence-electron chi connectivity index (χ4n) is 4.73. The summed E-state index contributed by atoms with van der Waals surface area (Å²) in [7, 11) is 0. The second-order valence-electron chi connectivity index (χ2n) is 8.53. The number of benzene rings is 2. The molecule has 1 atom stereocenters. The monoisotopic (exact) mass is 414 g/mol. The maximum atomic E-state index is 13.2. The minimum absolute atomic E-state index is 0.0132. The van der Waals surface area contributed by atoms with Crippen molar-refractivity contribution in [3.63, 3.8) is 0 Å². The van der Waals surface area contributed by atoms with Crippen LogP contribution in [0.4, 0.5) is 0 Å². The van der Waals surface area contributed by atoms with Gasteiger partial charge in [-0.25, -0.2) is 0 Å². The van der Waals surface area contributed by atoms with Crippen LogP contribution in [0.15, 0.2) is 54.7 Å². The van der Waals surface area contributed by atoms with Gasteiger partial charge in [0.05, 0.1) is 17.6 Å². The Hall–Kier alpha value is -3.41. The molecule has 0 bridgehead atoms. The number of fused-ring (bicyclic) bond motifs is 1. The van der Waals surface area contributed by atoms with Crippen molar-refractivity contribution < 1.29 is 9.59 Å². The van der Waals surface area contributed by atoms with Crippen molar-refractivity contribution >= 4 is 28.3 Å². The van der Waals surface area contributed by atoms with Crippen LogP contribution in [0.25, 0.3) is 16.5 Å². The normalized spacial score (nSPS) is 19.0. The minimum atomic E-state index is -0.139. The van der Waals surface area contributed by atoms with E-state index in [1.54, 1.807) is 6.20 Å². The predicted molar refractivity (Wildman–Crippen MR) is 120 cm³/mol. The van der Waals surface area contributed by atoms with E-state index in [2.05, 4.69) is 35.3 Å². The van der Waals surface area contributed by atoms with Crippen LogP contribution in [0.2, 0.25) is 0 Å². The third-order valence-electron chi connectivity index (χ3n) is 6.47. The van der Waals surface area contributed by atoms with E-state index in [-0.39, 0.29) is 17.7 Å². The molecule has 5 rings (SSSR count). The number of amides is 2. The highest BCUT2D eigenvalue weighted by Crippen LogP contribution is 2.27. The fourth-order valence-corrected chi connectivity index (χ4v) is 4.73. The third kappa shape index (κ3) is 3.74. The molecule has 1 unspecified atom stereocenters. The van der Waals surface area contributed by atoms with Crippen LogP contribution in [0.1, 0.15) is 34.3 Å². The van der Waals surface area contributed by atoms with Crippen LogP contribution in [-0.2, 0) is 4.79 Å². The molecular weight excluding hydrogens is 388 g/mol. The Morgan fingerprint density at radius 2 is 2.00 bits per heavy atom. The van der Waals surface area contributed by atoms with Crippen molar-refractivity contribution in [3.05, 3.63) is 71.4 Å². The van der Waals surface area contributed by atoms with Crippen molar-refractivity contribution in [1.82, 2.24) is 20.0 Å². The van der Waals surface area contributed by atoms with Gasteiger partial charge in [0.15, 0.2) is 0 Å². The number of carbonyl (C=O) groups excluding carboxylic acids is 2. The molecule has 0 spiro atoms. The first-order chi connectivity index (χ1) is 15.1. The number of nitrogens with one attached hydrogen (secondary N) is 1. The van der Waals surface area contributed by atoms with Gasteiger partial charge in [0, 0.05) is 37.1 Å². The summed E-state index contributed by atoms with van der Waals surface area (Å²) in [4.78, 5) is 30.1. The summed E-state index contributed by atoms with van der Waals surface area (Å²) in [6.07, 6.45) is 5.56. The Morgan fingerprint density at radius 3 is 2.87 bits per heavy atom. The molecular formula is C25H26N4O2. The van der Waals surface area contributed by atoms with Crippen LogP contribution >= 0.6 is 0 Å². The first-order valence-electron chi connectivity index (χ1n) is 10.9. The fraction of sp³-hybridized carbons (Fsp3) is 0.320. The summed E-state index contributed by atoms with van der Waals surface area (Å²) in [6.45, 7) is 4.57. The number of aryl methyl sites for hydroxylation is 1. The van der Waals surface area contributed by atoms with E-state index in [0.29, 0.717) is 31.7 Å². The molecule has 31 heavy (non-hydrogen) atoms. The molecule has 3 heterocycles. The molecule has 2 aliphatic rings. The molecule has 2 aliphatic heterocycles. The Labute approximate surface area is 181 Å². The van der Waals surface area contributed by atoms with Gasteiger partial charge in [0.2, 0.25) is 5.91 Å². The number of likely N-dealkylation sites (tertiary alicyclic amines) is 1. The van der Waals surface area contributed by atoms with E-state index in [0.717, 1.165) is 23.7 Å². The standard InChI is InChI=1S/C25H26N4O2/c1-17-5-2-3-7-22(17)19-10-12-29(15-19)25(31)20-6-4-11-28(16-20)24(30)18-8-9-23-21(13-18)14-26-27-23/h2-3,5,7-10,13-14,20H,4,6,11-12,15-16H2,1H3,(H,26,27). The van der Waals surface area contributed by atoms with E-state index in [9.17, 15) is 9.59 Å². The number of piperidine rings is 1. The third-order valence-corrected chi connectivity index (χ3v) is 6.47. The molecule has 6 heteroatoms. The number of aromatic amines is 1. The molecule has 2 aromatic carbocycles. The summed E-state index contributed by atoms with van der Waals surface area (Å²) in [6, 6.07) is 13.9. The van der Waals surface area contributed by atoms with Gasteiger partial charge >= 0.3 is 0 Å². The Kier molecular flexibility index (Phi) is 5.06. The molecule has 1 fully saturated rings. The Balaban J connectivity index is 1.25. The molecule has 0 aliphatic carbocycles. The van der Waals surface area contributed by atoms with E-state index in [4.69, 9.17) is 0 Å². The van der Waals surface area contributed by atoms with E-state index >= 15 is 0 Å². The maximum Gasteiger partial charge on any atom is 0.253 e. The van der Waals surface area contributed by atoms with Gasteiger partial charge in [-0.15, -0.1) is 0 Å². The highest BCUT2D eigenvalue weighted by molar-refractivity contribution is 5.98. The van der Waals surface area contributed by atoms with Crippen LogP contribution in [0.3, 0.4) is 0 Å². The molecule has 1 aromatic heterocycles. The Morgan fingerprint density at radius 1 is 1.13 bits per heavy atom. The number of hydrogen-bond acceptors (Lipinski definition) is 3. The van der Waals surface area contributed by atoms with Gasteiger partial charge in [-0.05, 0) is 54.7 Å². The van der Waals surface area contributed by atoms with Crippen molar-refractivity contribution in [1.29, 1.82) is 0 Å². The lowest BCUT2D eigenvalue weighted by molar-refractivity contribution is -0.135. The minimum Gasteiger partial charge on any atom is -0.338 e. The molecule has 1 saturated heterocycles. The predicted octanol–water partition coefficient (Wildman–Crippen LogP) is 3.65. The number of rotatable bonds is 3. The van der Waals surface area contributed by atoms with Crippen LogP contribution in [0.5, 0.6) is 0 Å². The zero-order valence-corrected chi connectivity index (χ0v) is 17.7. The highest BCUT2D eigenvalue weighted by atomic mass is 16.2. The van der Waals surface area contributed by atoms with E-state index < -0.39 is 0 Å². The van der Waals surface area contributed by atoms with E-state index in [1.807, 2.05) is 40.1 Å². The SMILES string of the molecule is Cc1ccccc1C1=CCN(C(=O)C2CCCN(C(=O)c3ccc4[nH]ncc4c3)C2)C1. The summed E-state index contributed by atoms with van der Waals surface area (Å²) < 4.78 is 0. The van der Waals surface area contributed by atoms with Gasteiger partial charge < -0.3 is 9.80 Å². The zero-order valence-electron chi connectivity index (χ0n) is 17.7. The zero-order chi connectivity index (χ0) is 21.4. The van der Waals surface area contributed by atoms with Gasteiger partial charge in [0.25, 0.3) is 5.91 Å². The number of aromatic nitrogens is 2. The van der Waals surface area contributed by atoms with Crippen molar-refractivity contribution in [2.45, 2.75) is 19.8 Å². The average Bonchev–Trinajstić information content (AvgIpc) is 3.48. The average molecular weight is 415 g/mol. The Bertz CT molecular complexity index is 1180. The highest BCUT2D eigenvalue weighted by Gasteiger charge is 2.33. The lowest BCUT2D eigenvalue weighted by Gasteiger charge is -2.34. The number of carbonyl (C=O) groups is 2. The molecule has 1 N–H and O–H groups in total. The molecule has 6 nitrogen and oxygen atoms in total. The number of nitrogens with zero attached hydrogens (tertiary/aromatic N) is 3. The molecule has 0 saturated carbocycles. The van der Waals surface area contributed by atoms with Gasteiger partial charge in [-0.1, -0.05) is 30.3 Å². The van der Waals surface area contributed by atoms with E-state index in [1.165, 1.54) is 16.7 Å². The number of H-pyrrole nitrogens is 1. The topological polar surface area (TPSA) is 69.3 Å². The maximum absolute atomic E-state index is 13.2. The van der Waals surface area contributed by atoms with Crippen molar-refractivity contribution in [3.8, 4) is 0 Å². The smallest absolute Gasteiger partial charge is 0.253 e. The molecule has 0 radical (unpaired) electrons. The summed E-state index contributed by atoms with van der Waals surface area (Å²) >= 11 is 0. The van der Waals surface area contributed by atoms with Crippen molar-refractivity contribution in [2.75, 3.05) is 26.2 Å². The lowest BCUT2D eigenvalue weighted by Crippen LogP contribution is -2.46. The van der Waals surface area contributed by atoms with Gasteiger partial charge in [0.1, 0.15) is 0 Å². The second-order valence-corrected chi connectivity index (χ2v) is 8.53. The lowest BCUT2D eigenvalue weighted by atomic mass is 9.95. The largest absolute Gasteiger partial charge is 0.338 e. The quantitative estimate of drug-likeness (QED) is 0.711. The first kappa shape index (κ1) is 19.5. The summed E-state index contributed by atoms with van der Waals surface area (Å²) in [5.74, 6) is 0.00310. The molecule has 3 aromatic rings.